The highest BCUT2D eigenvalue weighted by molar-refractivity contribution is 7.10. The van der Waals surface area contributed by atoms with E-state index in [9.17, 15) is 4.79 Å². The molecule has 3 fully saturated rings. The number of carbonyl (C=O) groups excluding carboxylic acids is 1. The highest BCUT2D eigenvalue weighted by Gasteiger charge is 2.51. The maximum Gasteiger partial charge on any atom is 0.254 e. The molecule has 132 valence electrons. The first-order valence-electron chi connectivity index (χ1n) is 9.45. The molecular weight excluding hydrogens is 316 g/mol. The number of amides is 1. The van der Waals surface area contributed by atoms with Gasteiger partial charge in [-0.05, 0) is 68.0 Å². The minimum atomic E-state index is 0.276. The molecule has 1 N–H and O–H groups in total. The zero-order valence-corrected chi connectivity index (χ0v) is 16.0. The van der Waals surface area contributed by atoms with E-state index in [1.807, 2.05) is 0 Å². The van der Waals surface area contributed by atoms with Crippen molar-refractivity contribution in [2.45, 2.75) is 64.8 Å². The van der Waals surface area contributed by atoms with E-state index in [1.54, 1.807) is 11.3 Å². The topological polar surface area (TPSA) is 32.3 Å². The van der Waals surface area contributed by atoms with E-state index in [0.29, 0.717) is 22.8 Å². The Hall–Kier alpha value is -0.870. The molecule has 4 rings (SSSR count). The number of carbonyl (C=O) groups is 1. The standard InChI is InChI=1S/C20H30N2OS/c1-19(2)9-16-10-20(3,12-19)13-22(16)18(23)15-8-17(24-11-15)14-4-6-21-7-5-14/h8,11,14,16,21H,4-7,9-10,12-13H2,1-3H3/t16?,20-/m1/s1. The molecule has 2 aliphatic heterocycles. The van der Waals surface area contributed by atoms with Gasteiger partial charge in [0.25, 0.3) is 5.91 Å². The molecule has 1 saturated carbocycles. The number of hydrogen-bond donors (Lipinski definition) is 1. The van der Waals surface area contributed by atoms with Gasteiger partial charge in [0.05, 0.1) is 5.56 Å². The second-order valence-electron chi connectivity index (χ2n) is 9.41. The predicted molar refractivity (Wildman–Crippen MR) is 99.7 cm³/mol. The van der Waals surface area contributed by atoms with Crippen LogP contribution in [0.2, 0.25) is 0 Å². The van der Waals surface area contributed by atoms with Gasteiger partial charge in [-0.2, -0.15) is 0 Å². The number of nitrogens with zero attached hydrogens (tertiary/aromatic N) is 1. The molecule has 1 amide bonds. The highest BCUT2D eigenvalue weighted by Crippen LogP contribution is 2.52. The molecule has 1 aliphatic carbocycles. The van der Waals surface area contributed by atoms with Crippen LogP contribution in [0.5, 0.6) is 0 Å². The van der Waals surface area contributed by atoms with Crippen LogP contribution in [-0.4, -0.2) is 36.5 Å². The predicted octanol–water partition coefficient (Wildman–Crippen LogP) is 4.26. The Morgan fingerprint density at radius 1 is 1.25 bits per heavy atom. The van der Waals surface area contributed by atoms with Crippen LogP contribution in [0.15, 0.2) is 11.4 Å². The van der Waals surface area contributed by atoms with E-state index in [0.717, 1.165) is 31.6 Å². The normalized spacial score (nSPS) is 33.0. The number of hydrogen-bond acceptors (Lipinski definition) is 3. The fraction of sp³-hybridized carbons (Fsp3) is 0.750. The number of piperidine rings is 1. The minimum Gasteiger partial charge on any atom is -0.335 e. The Labute approximate surface area is 149 Å². The highest BCUT2D eigenvalue weighted by atomic mass is 32.1. The van der Waals surface area contributed by atoms with E-state index < -0.39 is 0 Å². The van der Waals surface area contributed by atoms with Crippen LogP contribution in [0.3, 0.4) is 0 Å². The average molecular weight is 347 g/mol. The smallest absolute Gasteiger partial charge is 0.254 e. The van der Waals surface area contributed by atoms with Crippen molar-refractivity contribution in [2.24, 2.45) is 10.8 Å². The van der Waals surface area contributed by atoms with Gasteiger partial charge in [-0.15, -0.1) is 11.3 Å². The fourth-order valence-electron chi connectivity index (χ4n) is 5.65. The largest absolute Gasteiger partial charge is 0.335 e. The molecule has 1 aromatic rings. The van der Waals surface area contributed by atoms with Crippen molar-refractivity contribution in [3.8, 4) is 0 Å². The molecular formula is C20H30N2OS. The van der Waals surface area contributed by atoms with Gasteiger partial charge < -0.3 is 10.2 Å². The van der Waals surface area contributed by atoms with E-state index in [2.05, 4.69) is 42.4 Å². The first-order chi connectivity index (χ1) is 11.4. The van der Waals surface area contributed by atoms with Crippen LogP contribution >= 0.6 is 11.3 Å². The lowest BCUT2D eigenvalue weighted by molar-refractivity contribution is 0.0708. The van der Waals surface area contributed by atoms with Crippen LogP contribution < -0.4 is 5.32 Å². The number of rotatable bonds is 2. The summed E-state index contributed by atoms with van der Waals surface area (Å²) < 4.78 is 0. The molecule has 4 heteroatoms. The lowest BCUT2D eigenvalue weighted by Crippen LogP contribution is -2.37. The zero-order valence-electron chi connectivity index (χ0n) is 15.2. The van der Waals surface area contributed by atoms with Gasteiger partial charge in [0, 0.05) is 22.8 Å². The first-order valence-corrected chi connectivity index (χ1v) is 10.3. The average Bonchev–Trinajstić information content (AvgIpc) is 3.09. The van der Waals surface area contributed by atoms with Crippen molar-refractivity contribution in [2.75, 3.05) is 19.6 Å². The summed E-state index contributed by atoms with van der Waals surface area (Å²) in [6.07, 6.45) is 5.98. The Kier molecular flexibility index (Phi) is 4.04. The SMILES string of the molecule is CC1(C)CC2C[C@@](C)(CN2C(=O)c2csc(C3CCNCC3)c2)C1. The summed E-state index contributed by atoms with van der Waals surface area (Å²) in [5.74, 6) is 0.921. The van der Waals surface area contributed by atoms with Gasteiger partial charge in [0.2, 0.25) is 0 Å². The van der Waals surface area contributed by atoms with Crippen LogP contribution in [0.4, 0.5) is 0 Å². The summed E-state index contributed by atoms with van der Waals surface area (Å²) in [4.78, 5) is 16.8. The number of fused-ring (bicyclic) bond motifs is 2. The molecule has 24 heavy (non-hydrogen) atoms. The second kappa shape index (κ2) is 5.84. The maximum absolute atomic E-state index is 13.2. The van der Waals surface area contributed by atoms with Crippen LogP contribution in [-0.2, 0) is 0 Å². The molecule has 1 unspecified atom stereocenters. The van der Waals surface area contributed by atoms with Gasteiger partial charge in [0.1, 0.15) is 0 Å². The molecule has 0 radical (unpaired) electrons. The van der Waals surface area contributed by atoms with Crippen molar-refractivity contribution in [3.63, 3.8) is 0 Å². The molecule has 2 bridgehead atoms. The number of nitrogens with one attached hydrogen (secondary N) is 1. The zero-order chi connectivity index (χ0) is 16.9. The fourth-order valence-corrected chi connectivity index (χ4v) is 6.70. The van der Waals surface area contributed by atoms with E-state index >= 15 is 0 Å². The van der Waals surface area contributed by atoms with Crippen molar-refractivity contribution >= 4 is 17.2 Å². The van der Waals surface area contributed by atoms with Crippen molar-refractivity contribution < 1.29 is 4.79 Å². The summed E-state index contributed by atoms with van der Waals surface area (Å²) in [5.41, 5.74) is 1.61. The lowest BCUT2D eigenvalue weighted by Gasteiger charge is -2.39. The third-order valence-electron chi connectivity index (χ3n) is 6.28. The van der Waals surface area contributed by atoms with Crippen LogP contribution in [0.25, 0.3) is 0 Å². The molecule has 3 heterocycles. The van der Waals surface area contributed by atoms with Crippen LogP contribution in [0, 0.1) is 10.8 Å². The second-order valence-corrected chi connectivity index (χ2v) is 10.4. The minimum absolute atomic E-state index is 0.276. The third-order valence-corrected chi connectivity index (χ3v) is 7.38. The lowest BCUT2D eigenvalue weighted by atomic mass is 9.65. The van der Waals surface area contributed by atoms with Gasteiger partial charge in [-0.3, -0.25) is 4.79 Å². The Bertz CT molecular complexity index is 631. The summed E-state index contributed by atoms with van der Waals surface area (Å²) in [6.45, 7) is 10.3. The summed E-state index contributed by atoms with van der Waals surface area (Å²) in [5, 5.41) is 5.53. The number of thiophene rings is 1. The Morgan fingerprint density at radius 2 is 2.00 bits per heavy atom. The molecule has 0 aromatic carbocycles. The van der Waals surface area contributed by atoms with Crippen molar-refractivity contribution in [1.29, 1.82) is 0 Å². The molecule has 3 nitrogen and oxygen atoms in total. The molecule has 2 atom stereocenters. The van der Waals surface area contributed by atoms with Gasteiger partial charge in [0.15, 0.2) is 0 Å². The summed E-state index contributed by atoms with van der Waals surface area (Å²) in [7, 11) is 0. The number of likely N-dealkylation sites (tertiary alicyclic amines) is 1. The third kappa shape index (κ3) is 3.03. The van der Waals surface area contributed by atoms with Crippen molar-refractivity contribution in [3.05, 3.63) is 21.9 Å². The van der Waals surface area contributed by atoms with Crippen LogP contribution in [0.1, 0.15) is 74.0 Å². The summed E-state index contributed by atoms with van der Waals surface area (Å²) >= 11 is 1.79. The molecule has 0 spiro atoms. The van der Waals surface area contributed by atoms with Gasteiger partial charge in [-0.25, -0.2) is 0 Å². The quantitative estimate of drug-likeness (QED) is 0.868. The van der Waals surface area contributed by atoms with Gasteiger partial charge >= 0.3 is 0 Å². The van der Waals surface area contributed by atoms with Gasteiger partial charge in [-0.1, -0.05) is 20.8 Å². The van der Waals surface area contributed by atoms with Crippen molar-refractivity contribution in [1.82, 2.24) is 10.2 Å². The maximum atomic E-state index is 13.2. The summed E-state index contributed by atoms with van der Waals surface area (Å²) in [6, 6.07) is 2.63. The molecule has 2 saturated heterocycles. The first kappa shape index (κ1) is 16.6. The monoisotopic (exact) mass is 346 g/mol. The van der Waals surface area contributed by atoms with E-state index in [-0.39, 0.29) is 5.91 Å². The van der Waals surface area contributed by atoms with E-state index in [1.165, 1.54) is 30.6 Å². The molecule has 3 aliphatic rings. The van der Waals surface area contributed by atoms with E-state index in [4.69, 9.17) is 0 Å². The molecule has 1 aromatic heterocycles. The Morgan fingerprint density at radius 3 is 2.75 bits per heavy atom. The Balaban J connectivity index is 1.51.